The van der Waals surface area contributed by atoms with Crippen molar-refractivity contribution in [1.82, 2.24) is 20.1 Å². The van der Waals surface area contributed by atoms with Gasteiger partial charge < -0.3 is 16.4 Å². The van der Waals surface area contributed by atoms with E-state index in [0.717, 1.165) is 16.8 Å². The molecule has 0 bridgehead atoms. The van der Waals surface area contributed by atoms with Crippen LogP contribution < -0.4 is 16.4 Å². The van der Waals surface area contributed by atoms with Crippen LogP contribution in [-0.2, 0) is 6.54 Å². The topological polar surface area (TPSA) is 97.9 Å². The number of nitrogens with zero attached hydrogens (tertiary/aromatic N) is 3. The second-order valence-corrected chi connectivity index (χ2v) is 6.39. The zero-order valence-electron chi connectivity index (χ0n) is 15.6. The fourth-order valence-electron chi connectivity index (χ4n) is 2.96. The summed E-state index contributed by atoms with van der Waals surface area (Å²) in [4.78, 5) is 16.5. The number of carbonyl (C=O) groups is 1. The van der Waals surface area contributed by atoms with Crippen molar-refractivity contribution in [2.75, 3.05) is 11.1 Å². The third-order valence-corrected chi connectivity index (χ3v) is 4.41. The number of amides is 2. The van der Waals surface area contributed by atoms with Crippen LogP contribution in [-0.4, -0.2) is 20.8 Å². The normalized spacial score (nSPS) is 10.5. The van der Waals surface area contributed by atoms with Gasteiger partial charge in [0.05, 0.1) is 5.69 Å². The Kier molecular flexibility index (Phi) is 5.20. The number of benzene rings is 2. The van der Waals surface area contributed by atoms with Crippen molar-refractivity contribution in [2.45, 2.75) is 6.54 Å². The van der Waals surface area contributed by atoms with Gasteiger partial charge in [0.2, 0.25) is 0 Å². The Morgan fingerprint density at radius 1 is 0.931 bits per heavy atom. The number of para-hydroxylation sites is 1. The lowest BCUT2D eigenvalue weighted by molar-refractivity contribution is 0.252. The van der Waals surface area contributed by atoms with Gasteiger partial charge in [-0.1, -0.05) is 48.5 Å². The average Bonchev–Trinajstić information content (AvgIpc) is 3.10. The Bertz CT molecular complexity index is 1090. The van der Waals surface area contributed by atoms with E-state index in [-0.39, 0.29) is 6.03 Å². The Morgan fingerprint density at radius 2 is 1.59 bits per heavy atom. The highest BCUT2D eigenvalue weighted by atomic mass is 16.2. The first-order valence-electron chi connectivity index (χ1n) is 9.15. The van der Waals surface area contributed by atoms with Crippen molar-refractivity contribution in [3.8, 4) is 16.9 Å². The number of carbonyl (C=O) groups excluding carboxylic acids is 1. The molecule has 0 saturated carbocycles. The monoisotopic (exact) mass is 384 g/mol. The second kappa shape index (κ2) is 8.26. The van der Waals surface area contributed by atoms with E-state index in [1.807, 2.05) is 72.8 Å². The Labute approximate surface area is 168 Å². The number of rotatable bonds is 5. The fraction of sp³-hybridized carbons (Fsp3) is 0.0455. The summed E-state index contributed by atoms with van der Waals surface area (Å²) in [6.07, 6.45) is 3.37. The molecule has 0 aliphatic rings. The van der Waals surface area contributed by atoms with E-state index >= 15 is 0 Å². The van der Waals surface area contributed by atoms with Crippen molar-refractivity contribution >= 4 is 17.5 Å². The molecule has 4 N–H and O–H groups in total. The predicted octanol–water partition coefficient (Wildman–Crippen LogP) is 3.84. The van der Waals surface area contributed by atoms with Gasteiger partial charge in [0.15, 0.2) is 5.82 Å². The molecule has 0 saturated heterocycles. The van der Waals surface area contributed by atoms with Crippen LogP contribution in [0.4, 0.5) is 16.3 Å². The van der Waals surface area contributed by atoms with Gasteiger partial charge in [-0.15, -0.1) is 0 Å². The van der Waals surface area contributed by atoms with Gasteiger partial charge >= 0.3 is 6.03 Å². The minimum Gasteiger partial charge on any atom is -0.382 e. The highest BCUT2D eigenvalue weighted by Gasteiger charge is 2.20. The van der Waals surface area contributed by atoms with Gasteiger partial charge in [-0.25, -0.2) is 9.48 Å². The molecule has 4 rings (SSSR count). The number of anilines is 2. The smallest absolute Gasteiger partial charge is 0.319 e. The van der Waals surface area contributed by atoms with Crippen LogP contribution >= 0.6 is 0 Å². The maximum Gasteiger partial charge on any atom is 0.319 e. The van der Waals surface area contributed by atoms with Gasteiger partial charge in [-0.05, 0) is 29.8 Å². The molecule has 0 aliphatic heterocycles. The summed E-state index contributed by atoms with van der Waals surface area (Å²) in [6, 6.07) is 22.5. The van der Waals surface area contributed by atoms with Crippen LogP contribution in [0.2, 0.25) is 0 Å². The molecule has 0 fully saturated rings. The number of nitrogens with one attached hydrogen (secondary N) is 2. The van der Waals surface area contributed by atoms with Crippen LogP contribution in [0.5, 0.6) is 0 Å². The van der Waals surface area contributed by atoms with Gasteiger partial charge in [0.25, 0.3) is 0 Å². The van der Waals surface area contributed by atoms with Crippen LogP contribution in [0.1, 0.15) is 5.56 Å². The minimum absolute atomic E-state index is 0.356. The van der Waals surface area contributed by atoms with Crippen molar-refractivity contribution in [2.24, 2.45) is 0 Å². The van der Waals surface area contributed by atoms with Crippen molar-refractivity contribution in [1.29, 1.82) is 0 Å². The van der Waals surface area contributed by atoms with Crippen molar-refractivity contribution in [3.05, 3.63) is 90.8 Å². The Morgan fingerprint density at radius 3 is 2.28 bits per heavy atom. The molecule has 2 heterocycles. The zero-order valence-corrected chi connectivity index (χ0v) is 15.6. The number of hydrogen-bond acceptors (Lipinski definition) is 4. The lowest BCUT2D eigenvalue weighted by Crippen LogP contribution is -2.28. The third-order valence-electron chi connectivity index (χ3n) is 4.41. The molecule has 0 unspecified atom stereocenters. The number of hydrogen-bond donors (Lipinski definition) is 3. The lowest BCUT2D eigenvalue weighted by atomic mass is 10.1. The molecule has 29 heavy (non-hydrogen) atoms. The summed E-state index contributed by atoms with van der Waals surface area (Å²) in [5.41, 5.74) is 10.1. The van der Waals surface area contributed by atoms with Crippen LogP contribution in [0.25, 0.3) is 16.9 Å². The molecule has 0 radical (unpaired) electrons. The highest BCUT2D eigenvalue weighted by Crippen LogP contribution is 2.33. The molecule has 0 aliphatic carbocycles. The molecule has 0 spiro atoms. The summed E-state index contributed by atoms with van der Waals surface area (Å²) in [5, 5.41) is 10.4. The molecule has 2 aromatic carbocycles. The Hall–Kier alpha value is -4.13. The van der Waals surface area contributed by atoms with Gasteiger partial charge in [0.1, 0.15) is 11.4 Å². The number of nitrogen functional groups attached to an aromatic ring is 1. The highest BCUT2D eigenvalue weighted by molar-refractivity contribution is 5.97. The first-order chi connectivity index (χ1) is 14.2. The lowest BCUT2D eigenvalue weighted by Gasteiger charge is -2.09. The van der Waals surface area contributed by atoms with Gasteiger partial charge in [-0.2, -0.15) is 5.10 Å². The van der Waals surface area contributed by atoms with E-state index in [1.54, 1.807) is 17.1 Å². The molecule has 0 atom stereocenters. The third kappa shape index (κ3) is 4.08. The summed E-state index contributed by atoms with van der Waals surface area (Å²) in [5.74, 6) is 0.356. The number of nitrogens with two attached hydrogens (primary N) is 1. The molecule has 7 nitrogen and oxygen atoms in total. The molecule has 2 amide bonds. The van der Waals surface area contributed by atoms with Crippen molar-refractivity contribution in [3.63, 3.8) is 0 Å². The minimum atomic E-state index is -0.363. The van der Waals surface area contributed by atoms with E-state index in [2.05, 4.69) is 20.7 Å². The molecular weight excluding hydrogens is 364 g/mol. The van der Waals surface area contributed by atoms with E-state index < -0.39 is 0 Å². The molecule has 144 valence electrons. The van der Waals surface area contributed by atoms with Crippen LogP contribution in [0.15, 0.2) is 85.2 Å². The second-order valence-electron chi connectivity index (χ2n) is 6.39. The van der Waals surface area contributed by atoms with E-state index in [4.69, 9.17) is 5.73 Å². The fourth-order valence-corrected chi connectivity index (χ4v) is 2.96. The molecule has 2 aromatic heterocycles. The number of aromatic nitrogens is 3. The van der Waals surface area contributed by atoms with Crippen molar-refractivity contribution < 1.29 is 4.79 Å². The van der Waals surface area contributed by atoms with Gasteiger partial charge in [0, 0.05) is 24.5 Å². The molecular formula is C22H20N6O. The number of pyridine rings is 1. The first kappa shape index (κ1) is 18.2. The SMILES string of the molecule is Nc1c(NC(=O)NCc2ccncc2)c(-c2ccccc2)nn1-c1ccccc1. The zero-order chi connectivity index (χ0) is 20.1. The Balaban J connectivity index is 1.64. The maximum absolute atomic E-state index is 12.5. The van der Waals surface area contributed by atoms with E-state index in [0.29, 0.717) is 23.7 Å². The van der Waals surface area contributed by atoms with Gasteiger partial charge in [-0.3, -0.25) is 4.98 Å². The summed E-state index contributed by atoms with van der Waals surface area (Å²) in [6.45, 7) is 0.377. The standard InChI is InChI=1S/C22H20N6O/c23-21-20(26-22(29)25-15-16-11-13-24-14-12-16)19(17-7-3-1-4-8-17)27-28(21)18-9-5-2-6-10-18/h1-14H,15,23H2,(H2,25,26,29). The largest absolute Gasteiger partial charge is 0.382 e. The molecule has 7 heteroatoms. The summed E-state index contributed by atoms with van der Waals surface area (Å²) >= 11 is 0. The predicted molar refractivity (Wildman–Crippen MR) is 114 cm³/mol. The maximum atomic E-state index is 12.5. The quantitative estimate of drug-likeness (QED) is 0.487. The summed E-state index contributed by atoms with van der Waals surface area (Å²) < 4.78 is 1.63. The average molecular weight is 384 g/mol. The van der Waals surface area contributed by atoms with Crippen LogP contribution in [0.3, 0.4) is 0 Å². The number of urea groups is 1. The van der Waals surface area contributed by atoms with Crippen LogP contribution in [0, 0.1) is 0 Å². The first-order valence-corrected chi connectivity index (χ1v) is 9.15. The van der Waals surface area contributed by atoms with E-state index in [9.17, 15) is 4.79 Å². The van der Waals surface area contributed by atoms with E-state index in [1.165, 1.54) is 0 Å². The molecule has 4 aromatic rings. The summed E-state index contributed by atoms with van der Waals surface area (Å²) in [7, 11) is 0.